The number of fused-ring (bicyclic) bond motifs is 1. The number of nitrogens with one attached hydrogen (secondary N) is 1. The van der Waals surface area contributed by atoms with Crippen LogP contribution in [0.4, 0.5) is 0 Å². The summed E-state index contributed by atoms with van der Waals surface area (Å²) in [6.07, 6.45) is 3.31. The summed E-state index contributed by atoms with van der Waals surface area (Å²) in [6.45, 7) is 11.6. The average Bonchev–Trinajstić information content (AvgIpc) is 3.75. The smallest absolute Gasteiger partial charge is 0.237 e. The highest BCUT2D eigenvalue weighted by atomic mass is 16.5. The maximum atomic E-state index is 11.9. The molecule has 12 heteroatoms. The third kappa shape index (κ3) is 6.03. The van der Waals surface area contributed by atoms with E-state index in [-0.39, 0.29) is 23.4 Å². The molecule has 52 heavy (non-hydrogen) atoms. The molecule has 1 spiro atoms. The molecular weight excluding hydrogens is 658 g/mol. The molecule has 2 amide bonds. The van der Waals surface area contributed by atoms with E-state index in [0.717, 1.165) is 94.4 Å². The van der Waals surface area contributed by atoms with Gasteiger partial charge in [0.05, 0.1) is 48.9 Å². The van der Waals surface area contributed by atoms with Gasteiger partial charge in [0.1, 0.15) is 18.1 Å². The first-order valence-corrected chi connectivity index (χ1v) is 18.0. The van der Waals surface area contributed by atoms with E-state index in [4.69, 9.17) is 29.2 Å². The number of piperazine rings is 1. The number of nitrogens with zero attached hydrogens (tertiary/aromatic N) is 6. The fourth-order valence-corrected chi connectivity index (χ4v) is 8.37. The van der Waals surface area contributed by atoms with Gasteiger partial charge in [-0.3, -0.25) is 24.4 Å². The molecule has 6 heterocycles. The van der Waals surface area contributed by atoms with Crippen LogP contribution in [0.25, 0.3) is 33.6 Å². The van der Waals surface area contributed by atoms with Crippen LogP contribution in [0, 0.1) is 13.8 Å². The highest BCUT2D eigenvalue weighted by Crippen LogP contribution is 2.47. The predicted octanol–water partition coefficient (Wildman–Crippen LogP) is 4.57. The van der Waals surface area contributed by atoms with Crippen molar-refractivity contribution in [3.63, 3.8) is 0 Å². The van der Waals surface area contributed by atoms with Crippen molar-refractivity contribution in [3.8, 4) is 51.2 Å². The highest BCUT2D eigenvalue weighted by Gasteiger charge is 2.51. The zero-order valence-electron chi connectivity index (χ0n) is 30.5. The van der Waals surface area contributed by atoms with Crippen molar-refractivity contribution in [3.05, 3.63) is 71.0 Å². The molecule has 3 saturated heterocycles. The standard InChI is InChI=1S/C40H45N7O5/c1-24-27(28-9-7-11-30(25(28)2)32-19-41-33(38(43-32)50-4)20-45-14-16-46(17-15-45)26(3)48)8-6-10-29(24)31-18-35-37(39(42-31)51-5)34(21-52-35)47-22-40(23-47)13-12-36(49)44-40/h6-11,18-19,34H,12-17,20-23H2,1-5H3,(H,44,49)/t34-/m0/s1. The van der Waals surface area contributed by atoms with Crippen molar-refractivity contribution < 1.29 is 23.8 Å². The summed E-state index contributed by atoms with van der Waals surface area (Å²) in [5.41, 5.74) is 9.55. The van der Waals surface area contributed by atoms with Crippen LogP contribution in [0.2, 0.25) is 0 Å². The van der Waals surface area contributed by atoms with Crippen molar-refractivity contribution in [1.29, 1.82) is 0 Å². The molecule has 2 aromatic carbocycles. The Kier molecular flexibility index (Phi) is 8.83. The quantitative estimate of drug-likeness (QED) is 0.280. The second-order valence-electron chi connectivity index (χ2n) is 14.4. The van der Waals surface area contributed by atoms with Crippen LogP contribution in [0.3, 0.4) is 0 Å². The molecule has 4 aliphatic heterocycles. The number of amides is 2. The van der Waals surface area contributed by atoms with E-state index in [1.165, 1.54) is 0 Å². The van der Waals surface area contributed by atoms with Crippen molar-refractivity contribution in [1.82, 2.24) is 35.0 Å². The van der Waals surface area contributed by atoms with Gasteiger partial charge >= 0.3 is 0 Å². The number of hydrogen-bond acceptors (Lipinski definition) is 10. The van der Waals surface area contributed by atoms with Crippen molar-refractivity contribution >= 4 is 11.8 Å². The third-order valence-corrected chi connectivity index (χ3v) is 11.3. The number of benzene rings is 2. The molecule has 2 aromatic heterocycles. The van der Waals surface area contributed by atoms with E-state index >= 15 is 0 Å². The van der Waals surface area contributed by atoms with Gasteiger partial charge < -0.3 is 24.4 Å². The molecule has 1 atom stereocenters. The molecule has 1 N–H and O–H groups in total. The number of hydrogen-bond donors (Lipinski definition) is 1. The van der Waals surface area contributed by atoms with Crippen LogP contribution < -0.4 is 19.5 Å². The summed E-state index contributed by atoms with van der Waals surface area (Å²) in [7, 11) is 3.30. The summed E-state index contributed by atoms with van der Waals surface area (Å²) in [4.78, 5) is 45.0. The molecule has 3 fully saturated rings. The fourth-order valence-electron chi connectivity index (χ4n) is 8.37. The number of carbonyl (C=O) groups excluding carboxylic acids is 2. The van der Waals surface area contributed by atoms with Crippen molar-refractivity contribution in [2.24, 2.45) is 0 Å². The molecule has 0 bridgehead atoms. The third-order valence-electron chi connectivity index (χ3n) is 11.3. The Bertz CT molecular complexity index is 2050. The molecule has 4 aliphatic rings. The molecule has 4 aromatic rings. The number of rotatable bonds is 8. The Morgan fingerprint density at radius 3 is 2.17 bits per heavy atom. The number of pyridine rings is 1. The molecule has 12 nitrogen and oxygen atoms in total. The fraction of sp³-hybridized carbons (Fsp3) is 0.425. The molecule has 0 radical (unpaired) electrons. The van der Waals surface area contributed by atoms with Crippen molar-refractivity contribution in [2.45, 2.75) is 51.7 Å². The lowest BCUT2D eigenvalue weighted by atomic mass is 9.86. The molecule has 0 unspecified atom stereocenters. The predicted molar refractivity (Wildman–Crippen MR) is 196 cm³/mol. The number of likely N-dealkylation sites (tertiary alicyclic amines) is 1. The maximum absolute atomic E-state index is 11.9. The lowest BCUT2D eigenvalue weighted by molar-refractivity contribution is -0.130. The molecule has 270 valence electrons. The minimum absolute atomic E-state index is 0.0340. The van der Waals surface area contributed by atoms with Crippen LogP contribution in [0.15, 0.2) is 48.7 Å². The Hall–Kier alpha value is -5.07. The van der Waals surface area contributed by atoms with E-state index in [1.807, 2.05) is 17.2 Å². The largest absolute Gasteiger partial charge is 0.491 e. The van der Waals surface area contributed by atoms with E-state index in [2.05, 4.69) is 65.4 Å². The Balaban J connectivity index is 1.05. The lowest BCUT2D eigenvalue weighted by Crippen LogP contribution is -2.67. The monoisotopic (exact) mass is 703 g/mol. The summed E-state index contributed by atoms with van der Waals surface area (Å²) in [6, 6.07) is 14.6. The zero-order chi connectivity index (χ0) is 36.1. The Morgan fingerprint density at radius 1 is 0.923 bits per heavy atom. The van der Waals surface area contributed by atoms with Gasteiger partial charge in [0.2, 0.25) is 23.6 Å². The summed E-state index contributed by atoms with van der Waals surface area (Å²) < 4.78 is 17.9. The van der Waals surface area contributed by atoms with Gasteiger partial charge in [0, 0.05) is 76.4 Å². The van der Waals surface area contributed by atoms with Crippen LogP contribution in [-0.2, 0) is 16.1 Å². The molecular formula is C40H45N7O5. The van der Waals surface area contributed by atoms with Gasteiger partial charge in [0.25, 0.3) is 0 Å². The molecule has 0 aliphatic carbocycles. The van der Waals surface area contributed by atoms with E-state index in [0.29, 0.717) is 44.4 Å². The molecule has 8 rings (SSSR count). The van der Waals surface area contributed by atoms with Gasteiger partial charge in [0.15, 0.2) is 0 Å². The second kappa shape index (κ2) is 13.5. The first-order chi connectivity index (χ1) is 25.2. The van der Waals surface area contributed by atoms with E-state index < -0.39 is 0 Å². The Labute approximate surface area is 304 Å². The zero-order valence-corrected chi connectivity index (χ0v) is 30.5. The number of ether oxygens (including phenoxy) is 3. The minimum atomic E-state index is -0.107. The summed E-state index contributed by atoms with van der Waals surface area (Å²) in [5.74, 6) is 2.13. The lowest BCUT2D eigenvalue weighted by Gasteiger charge is -2.50. The number of aromatic nitrogens is 3. The second-order valence-corrected chi connectivity index (χ2v) is 14.4. The normalized spacial score (nSPS) is 19.6. The SMILES string of the molecule is COc1nc(-c2cccc(-c3cccc(-c4cc5c(c(OC)n4)[C@@H](N4CC6(CCC(=O)N6)C4)CO5)c3C)c2C)cnc1CN1CCN(C(C)=O)CC1. The van der Waals surface area contributed by atoms with Crippen LogP contribution in [0.1, 0.15) is 48.2 Å². The average molecular weight is 704 g/mol. The first-order valence-electron chi connectivity index (χ1n) is 18.0. The summed E-state index contributed by atoms with van der Waals surface area (Å²) >= 11 is 0. The van der Waals surface area contributed by atoms with Gasteiger partial charge in [-0.1, -0.05) is 36.4 Å². The number of methoxy groups -OCH3 is 2. The Morgan fingerprint density at radius 2 is 1.56 bits per heavy atom. The van der Waals surface area contributed by atoms with Gasteiger partial charge in [-0.2, -0.15) is 0 Å². The molecule has 0 saturated carbocycles. The van der Waals surface area contributed by atoms with Crippen LogP contribution in [0.5, 0.6) is 17.5 Å². The van der Waals surface area contributed by atoms with E-state index in [9.17, 15) is 9.59 Å². The van der Waals surface area contributed by atoms with Gasteiger partial charge in [-0.25, -0.2) is 9.97 Å². The summed E-state index contributed by atoms with van der Waals surface area (Å²) in [5, 5.41) is 3.18. The maximum Gasteiger partial charge on any atom is 0.237 e. The first kappa shape index (κ1) is 34.0. The highest BCUT2D eigenvalue weighted by molar-refractivity contribution is 5.83. The number of carbonyl (C=O) groups is 2. The van der Waals surface area contributed by atoms with Gasteiger partial charge in [-0.05, 0) is 42.5 Å². The van der Waals surface area contributed by atoms with Crippen LogP contribution >= 0.6 is 0 Å². The van der Waals surface area contributed by atoms with Gasteiger partial charge in [-0.15, -0.1) is 0 Å². The van der Waals surface area contributed by atoms with Crippen LogP contribution in [-0.4, -0.2) is 107 Å². The van der Waals surface area contributed by atoms with E-state index in [1.54, 1.807) is 21.1 Å². The minimum Gasteiger partial charge on any atom is -0.491 e. The topological polar surface area (TPSA) is 122 Å². The van der Waals surface area contributed by atoms with Crippen molar-refractivity contribution in [2.75, 3.05) is 60.1 Å².